The van der Waals surface area contributed by atoms with Crippen molar-refractivity contribution in [3.63, 3.8) is 0 Å². The molecule has 5 heteroatoms. The lowest BCUT2D eigenvalue weighted by Crippen LogP contribution is -2.43. The third-order valence-corrected chi connectivity index (χ3v) is 4.83. The summed E-state index contributed by atoms with van der Waals surface area (Å²) in [6, 6.07) is 19.5. The lowest BCUT2D eigenvalue weighted by atomic mass is 10.0. The van der Waals surface area contributed by atoms with Gasteiger partial charge in [0.25, 0.3) is 0 Å². The maximum atomic E-state index is 8.58. The van der Waals surface area contributed by atoms with Gasteiger partial charge >= 0.3 is 0 Å². The molecule has 0 unspecified atom stereocenters. The molecule has 1 N–H and O–H groups in total. The van der Waals surface area contributed by atoms with Gasteiger partial charge < -0.3 is 10.1 Å². The molecule has 1 fully saturated rings. The van der Waals surface area contributed by atoms with E-state index in [9.17, 15) is 0 Å². The van der Waals surface area contributed by atoms with E-state index in [0.717, 1.165) is 25.2 Å². The number of oxime groups is 1. The highest BCUT2D eigenvalue weighted by Gasteiger charge is 2.22. The average molecular weight is 360 g/mol. The molecule has 0 radical (unpaired) electrons. The molecule has 1 aliphatic rings. The smallest absolute Gasteiger partial charge is 0.0733 e. The highest BCUT2D eigenvalue weighted by molar-refractivity contribution is 5.85. The van der Waals surface area contributed by atoms with Crippen LogP contribution in [0.2, 0.25) is 0 Å². The molecule has 25 heavy (non-hydrogen) atoms. The molecule has 0 saturated carbocycles. The zero-order valence-corrected chi connectivity index (χ0v) is 15.4. The lowest BCUT2D eigenvalue weighted by Gasteiger charge is -2.38. The molecule has 2 aromatic rings. The molecular weight excluding hydrogens is 334 g/mol. The molecule has 2 aromatic carbocycles. The van der Waals surface area contributed by atoms with E-state index in [0.29, 0.717) is 6.04 Å². The largest absolute Gasteiger partial charge is 0.411 e. The molecule has 1 saturated heterocycles. The third kappa shape index (κ3) is 5.21. The summed E-state index contributed by atoms with van der Waals surface area (Å²) < 4.78 is 0. The van der Waals surface area contributed by atoms with Crippen LogP contribution in [-0.4, -0.2) is 42.5 Å². The van der Waals surface area contributed by atoms with Crippen LogP contribution in [0.5, 0.6) is 0 Å². The van der Waals surface area contributed by atoms with Crippen LogP contribution < -0.4 is 4.90 Å². The molecule has 0 amide bonds. The Morgan fingerprint density at radius 2 is 1.72 bits per heavy atom. The molecule has 0 atom stereocenters. The minimum absolute atomic E-state index is 0. The molecule has 3 rings (SSSR count). The predicted octanol–water partition coefficient (Wildman–Crippen LogP) is 4.02. The van der Waals surface area contributed by atoms with E-state index in [4.69, 9.17) is 5.21 Å². The van der Waals surface area contributed by atoms with E-state index in [2.05, 4.69) is 64.5 Å². The van der Waals surface area contributed by atoms with Crippen LogP contribution in [0.4, 0.5) is 5.69 Å². The number of halogens is 1. The Hall–Kier alpha value is -2.04. The average Bonchev–Trinajstić information content (AvgIpc) is 2.64. The molecular formula is C20H26ClN3O. The van der Waals surface area contributed by atoms with E-state index in [-0.39, 0.29) is 12.4 Å². The maximum absolute atomic E-state index is 8.58. The summed E-state index contributed by atoms with van der Waals surface area (Å²) in [6.45, 7) is 3.18. The van der Waals surface area contributed by atoms with Gasteiger partial charge in [-0.05, 0) is 43.1 Å². The highest BCUT2D eigenvalue weighted by atomic mass is 35.5. The normalized spacial score (nSPS) is 15.5. The number of benzene rings is 2. The second-order valence-corrected chi connectivity index (χ2v) is 6.46. The second-order valence-electron chi connectivity index (χ2n) is 6.46. The van der Waals surface area contributed by atoms with Gasteiger partial charge in [0.05, 0.1) is 6.21 Å². The molecule has 0 spiro atoms. The Morgan fingerprint density at radius 1 is 1.08 bits per heavy atom. The Bertz CT molecular complexity index is 652. The number of hydrogen-bond donors (Lipinski definition) is 1. The molecule has 0 aromatic heterocycles. The summed E-state index contributed by atoms with van der Waals surface area (Å²) in [7, 11) is 2.23. The van der Waals surface area contributed by atoms with Crippen LogP contribution in [0.1, 0.15) is 24.0 Å². The minimum atomic E-state index is 0. The van der Waals surface area contributed by atoms with Crippen LogP contribution in [0.25, 0.3) is 0 Å². The van der Waals surface area contributed by atoms with E-state index in [1.54, 1.807) is 0 Å². The zero-order chi connectivity index (χ0) is 16.8. The van der Waals surface area contributed by atoms with Crippen molar-refractivity contribution in [1.29, 1.82) is 0 Å². The summed E-state index contributed by atoms with van der Waals surface area (Å²) in [5.74, 6) is 0. The molecule has 134 valence electrons. The van der Waals surface area contributed by atoms with Gasteiger partial charge in [0.1, 0.15) is 0 Å². The molecule has 0 aliphatic carbocycles. The van der Waals surface area contributed by atoms with Crippen molar-refractivity contribution >= 4 is 24.3 Å². The summed E-state index contributed by atoms with van der Waals surface area (Å²) in [5, 5.41) is 11.6. The summed E-state index contributed by atoms with van der Waals surface area (Å²) in [6.07, 6.45) is 3.82. The Kier molecular flexibility index (Phi) is 7.29. The van der Waals surface area contributed by atoms with Gasteiger partial charge in [-0.15, -0.1) is 12.4 Å². The van der Waals surface area contributed by atoms with Crippen molar-refractivity contribution in [3.05, 3.63) is 65.7 Å². The van der Waals surface area contributed by atoms with Crippen LogP contribution in [-0.2, 0) is 6.54 Å². The van der Waals surface area contributed by atoms with Gasteiger partial charge in [0.15, 0.2) is 0 Å². The Balaban J connectivity index is 0.00000225. The Labute approximate surface area is 156 Å². The van der Waals surface area contributed by atoms with Crippen molar-refractivity contribution in [2.24, 2.45) is 5.16 Å². The predicted molar refractivity (Wildman–Crippen MR) is 106 cm³/mol. The number of nitrogens with zero attached hydrogens (tertiary/aromatic N) is 3. The van der Waals surface area contributed by atoms with Gasteiger partial charge in [0, 0.05) is 31.4 Å². The highest BCUT2D eigenvalue weighted by Crippen LogP contribution is 2.23. The van der Waals surface area contributed by atoms with Crippen LogP contribution in [0.15, 0.2) is 59.8 Å². The third-order valence-electron chi connectivity index (χ3n) is 4.83. The van der Waals surface area contributed by atoms with Gasteiger partial charge in [-0.2, -0.15) is 0 Å². The fourth-order valence-corrected chi connectivity index (χ4v) is 3.40. The van der Waals surface area contributed by atoms with E-state index < -0.39 is 0 Å². The lowest BCUT2D eigenvalue weighted by molar-refractivity contribution is 0.200. The van der Waals surface area contributed by atoms with Gasteiger partial charge in [-0.25, -0.2) is 0 Å². The van der Waals surface area contributed by atoms with Gasteiger partial charge in [-0.1, -0.05) is 47.6 Å². The van der Waals surface area contributed by atoms with E-state index in [1.807, 2.05) is 12.1 Å². The molecule has 1 aliphatic heterocycles. The van der Waals surface area contributed by atoms with Gasteiger partial charge in [-0.3, -0.25) is 4.90 Å². The SMILES string of the molecule is CN(Cc1ccccc1)C1CCN(c2ccc(/C=N\O)cc2)CC1.Cl. The maximum Gasteiger partial charge on any atom is 0.0733 e. The molecule has 4 nitrogen and oxygen atoms in total. The number of anilines is 1. The Morgan fingerprint density at radius 3 is 2.32 bits per heavy atom. The van der Waals surface area contributed by atoms with Crippen molar-refractivity contribution in [3.8, 4) is 0 Å². The number of piperidine rings is 1. The van der Waals surface area contributed by atoms with Crippen LogP contribution >= 0.6 is 12.4 Å². The molecule has 0 bridgehead atoms. The number of hydrogen-bond acceptors (Lipinski definition) is 4. The first-order valence-corrected chi connectivity index (χ1v) is 8.53. The van der Waals surface area contributed by atoms with Crippen molar-refractivity contribution in [2.75, 3.05) is 25.0 Å². The topological polar surface area (TPSA) is 39.1 Å². The zero-order valence-electron chi connectivity index (χ0n) is 14.6. The summed E-state index contributed by atoms with van der Waals surface area (Å²) in [5.41, 5.74) is 3.54. The van der Waals surface area contributed by atoms with Gasteiger partial charge in [0.2, 0.25) is 0 Å². The quantitative estimate of drug-likeness (QED) is 0.498. The molecule has 1 heterocycles. The van der Waals surface area contributed by atoms with Crippen LogP contribution in [0, 0.1) is 0 Å². The second kappa shape index (κ2) is 9.44. The fraction of sp³-hybridized carbons (Fsp3) is 0.350. The number of rotatable bonds is 5. The fourth-order valence-electron chi connectivity index (χ4n) is 3.40. The first kappa shape index (κ1) is 19.3. The monoisotopic (exact) mass is 359 g/mol. The summed E-state index contributed by atoms with van der Waals surface area (Å²) in [4.78, 5) is 4.92. The van der Waals surface area contributed by atoms with E-state index in [1.165, 1.54) is 30.3 Å². The first-order chi connectivity index (χ1) is 11.8. The standard InChI is InChI=1S/C20H25N3O.ClH/c1-22(16-18-5-3-2-4-6-18)19-11-13-23(14-12-19)20-9-7-17(8-10-20)15-21-24;/h2-10,15,19,24H,11-14,16H2,1H3;1H/b21-15-;. The van der Waals surface area contributed by atoms with E-state index >= 15 is 0 Å². The van der Waals surface area contributed by atoms with Crippen LogP contribution in [0.3, 0.4) is 0 Å². The van der Waals surface area contributed by atoms with Crippen molar-refractivity contribution in [1.82, 2.24) is 4.90 Å². The first-order valence-electron chi connectivity index (χ1n) is 8.53. The van der Waals surface area contributed by atoms with Crippen molar-refractivity contribution in [2.45, 2.75) is 25.4 Å². The van der Waals surface area contributed by atoms with Crippen molar-refractivity contribution < 1.29 is 5.21 Å². The minimum Gasteiger partial charge on any atom is -0.411 e. The summed E-state index contributed by atoms with van der Waals surface area (Å²) >= 11 is 0.